The number of hydrogen-bond donors (Lipinski definition) is 1. The average molecular weight is 387 g/mol. The molecular formula is C24H25N3O2. The summed E-state index contributed by atoms with van der Waals surface area (Å²) in [6, 6.07) is 8.24. The van der Waals surface area contributed by atoms with Gasteiger partial charge in [-0.2, -0.15) is 0 Å². The number of methoxy groups -OCH3 is 1. The molecule has 0 amide bonds. The molecule has 2 heterocycles. The van der Waals surface area contributed by atoms with Gasteiger partial charge in [0.15, 0.2) is 0 Å². The van der Waals surface area contributed by atoms with Crippen molar-refractivity contribution in [3.05, 3.63) is 79.3 Å². The molecule has 0 aliphatic rings. The Morgan fingerprint density at radius 1 is 1.03 bits per heavy atom. The van der Waals surface area contributed by atoms with Crippen molar-refractivity contribution in [2.45, 2.75) is 6.61 Å². The fourth-order valence-corrected chi connectivity index (χ4v) is 3.13. The van der Waals surface area contributed by atoms with Gasteiger partial charge in [0.1, 0.15) is 6.79 Å². The zero-order valence-electron chi connectivity index (χ0n) is 16.6. The molecule has 1 N–H and O–H groups in total. The van der Waals surface area contributed by atoms with Crippen molar-refractivity contribution in [1.82, 2.24) is 9.97 Å². The van der Waals surface area contributed by atoms with E-state index >= 15 is 0 Å². The zero-order valence-corrected chi connectivity index (χ0v) is 16.6. The molecule has 0 saturated carbocycles. The van der Waals surface area contributed by atoms with Gasteiger partial charge in [0, 0.05) is 48.1 Å². The second-order valence-electron chi connectivity index (χ2n) is 6.42. The summed E-state index contributed by atoms with van der Waals surface area (Å²) in [6.07, 6.45) is 9.03. The summed E-state index contributed by atoms with van der Waals surface area (Å²) in [6.45, 7) is 12.8. The first kappa shape index (κ1) is 20.5. The molecule has 0 atom stereocenters. The first-order chi connectivity index (χ1) is 14.2. The van der Waals surface area contributed by atoms with Crippen LogP contribution in [0.2, 0.25) is 0 Å². The molecule has 3 aromatic rings. The maximum Gasteiger partial charge on any atom is 0.146 e. The molecular weight excluding hydrogens is 362 g/mol. The van der Waals surface area contributed by atoms with Crippen LogP contribution in [0.4, 0.5) is 5.69 Å². The lowest BCUT2D eigenvalue weighted by atomic mass is 10.0. The summed E-state index contributed by atoms with van der Waals surface area (Å²) in [5.74, 6) is 0. The number of hydrogen-bond acceptors (Lipinski definition) is 5. The SMILES string of the molecule is C=CCNc1c(COCOC)cnc2ccc(-c3cnc(C=C)c(C=C)c3)cc12. The van der Waals surface area contributed by atoms with E-state index in [4.69, 9.17) is 9.47 Å². The van der Waals surface area contributed by atoms with Crippen LogP contribution < -0.4 is 5.32 Å². The van der Waals surface area contributed by atoms with E-state index in [9.17, 15) is 0 Å². The van der Waals surface area contributed by atoms with Crippen molar-refractivity contribution in [2.75, 3.05) is 25.8 Å². The Kier molecular flexibility index (Phi) is 6.89. The standard InChI is InChI=1S/C24H25N3O2/c1-5-10-25-24-20(15-29-16-28-4)14-27-23-9-8-18(12-21(23)24)19-11-17(6-2)22(7-3)26-13-19/h5-9,11-14H,1-3,10,15-16H2,4H3,(H,25,27). The number of nitrogens with zero attached hydrogens (tertiary/aromatic N) is 2. The Labute approximate surface area is 171 Å². The third-order valence-corrected chi connectivity index (χ3v) is 4.52. The Morgan fingerprint density at radius 2 is 1.90 bits per heavy atom. The van der Waals surface area contributed by atoms with E-state index in [2.05, 4.69) is 47.2 Å². The van der Waals surface area contributed by atoms with Gasteiger partial charge in [-0.1, -0.05) is 31.4 Å². The highest BCUT2D eigenvalue weighted by atomic mass is 16.7. The average Bonchev–Trinajstić information content (AvgIpc) is 2.77. The normalized spacial score (nSPS) is 10.7. The number of rotatable bonds is 10. The van der Waals surface area contributed by atoms with Gasteiger partial charge >= 0.3 is 0 Å². The highest BCUT2D eigenvalue weighted by molar-refractivity contribution is 5.95. The van der Waals surface area contributed by atoms with E-state index in [1.54, 1.807) is 19.3 Å². The van der Waals surface area contributed by atoms with Crippen LogP contribution in [0.5, 0.6) is 0 Å². The highest BCUT2D eigenvalue weighted by Gasteiger charge is 2.11. The molecule has 0 spiro atoms. The zero-order chi connectivity index (χ0) is 20.6. The summed E-state index contributed by atoms with van der Waals surface area (Å²) >= 11 is 0. The van der Waals surface area contributed by atoms with Crippen molar-refractivity contribution < 1.29 is 9.47 Å². The molecule has 5 nitrogen and oxygen atoms in total. The van der Waals surface area contributed by atoms with Gasteiger partial charge in [0.25, 0.3) is 0 Å². The van der Waals surface area contributed by atoms with E-state index < -0.39 is 0 Å². The molecule has 3 rings (SSSR count). The molecule has 0 saturated heterocycles. The van der Waals surface area contributed by atoms with Crippen LogP contribution in [0, 0.1) is 0 Å². The van der Waals surface area contributed by atoms with E-state index in [1.165, 1.54) is 0 Å². The summed E-state index contributed by atoms with van der Waals surface area (Å²) < 4.78 is 10.5. The van der Waals surface area contributed by atoms with Crippen LogP contribution in [0.25, 0.3) is 34.2 Å². The van der Waals surface area contributed by atoms with Crippen molar-refractivity contribution in [3.63, 3.8) is 0 Å². The second-order valence-corrected chi connectivity index (χ2v) is 6.42. The van der Waals surface area contributed by atoms with Gasteiger partial charge < -0.3 is 14.8 Å². The number of ether oxygens (including phenoxy) is 2. The number of anilines is 1. The fourth-order valence-electron chi connectivity index (χ4n) is 3.13. The van der Waals surface area contributed by atoms with Gasteiger partial charge in [-0.15, -0.1) is 6.58 Å². The lowest BCUT2D eigenvalue weighted by Gasteiger charge is -2.15. The third-order valence-electron chi connectivity index (χ3n) is 4.52. The predicted molar refractivity (Wildman–Crippen MR) is 121 cm³/mol. The Morgan fingerprint density at radius 3 is 2.62 bits per heavy atom. The number of pyridine rings is 2. The molecule has 148 valence electrons. The molecule has 29 heavy (non-hydrogen) atoms. The Bertz CT molecular complexity index is 1040. The Balaban J connectivity index is 2.10. The molecule has 5 heteroatoms. The minimum atomic E-state index is 0.227. The van der Waals surface area contributed by atoms with E-state index in [0.29, 0.717) is 13.2 Å². The minimum absolute atomic E-state index is 0.227. The quantitative estimate of drug-likeness (QED) is 0.291. The van der Waals surface area contributed by atoms with Gasteiger partial charge in [0.2, 0.25) is 0 Å². The summed E-state index contributed by atoms with van der Waals surface area (Å²) in [4.78, 5) is 9.09. The van der Waals surface area contributed by atoms with Crippen LogP contribution in [0.15, 0.2) is 62.5 Å². The van der Waals surface area contributed by atoms with Gasteiger partial charge in [0.05, 0.1) is 23.5 Å². The van der Waals surface area contributed by atoms with E-state index in [0.717, 1.165) is 44.5 Å². The largest absolute Gasteiger partial charge is 0.381 e. The maximum atomic E-state index is 5.55. The van der Waals surface area contributed by atoms with Crippen molar-refractivity contribution in [3.8, 4) is 11.1 Å². The lowest BCUT2D eigenvalue weighted by molar-refractivity contribution is -0.0389. The van der Waals surface area contributed by atoms with Crippen LogP contribution in [0.1, 0.15) is 16.8 Å². The van der Waals surface area contributed by atoms with Crippen molar-refractivity contribution >= 4 is 28.7 Å². The molecule has 0 fully saturated rings. The van der Waals surface area contributed by atoms with Crippen molar-refractivity contribution in [2.24, 2.45) is 0 Å². The Hall–Kier alpha value is -3.28. The molecule has 1 aromatic carbocycles. The highest BCUT2D eigenvalue weighted by Crippen LogP contribution is 2.31. The monoisotopic (exact) mass is 387 g/mol. The molecule has 2 aromatic heterocycles. The first-order valence-corrected chi connectivity index (χ1v) is 9.30. The summed E-state index contributed by atoms with van der Waals surface area (Å²) in [5, 5.41) is 4.44. The fraction of sp³-hybridized carbons (Fsp3) is 0.167. The van der Waals surface area contributed by atoms with E-state index in [-0.39, 0.29) is 6.79 Å². The number of aromatic nitrogens is 2. The minimum Gasteiger partial charge on any atom is -0.381 e. The topological polar surface area (TPSA) is 56.3 Å². The van der Waals surface area contributed by atoms with Gasteiger partial charge in [-0.25, -0.2) is 0 Å². The van der Waals surface area contributed by atoms with Gasteiger partial charge in [-0.05, 0) is 29.8 Å². The van der Waals surface area contributed by atoms with Crippen LogP contribution in [-0.2, 0) is 16.1 Å². The molecule has 0 aliphatic carbocycles. The predicted octanol–water partition coefficient (Wildman–Crippen LogP) is 5.30. The van der Waals surface area contributed by atoms with Crippen LogP contribution in [-0.4, -0.2) is 30.4 Å². The molecule has 0 unspecified atom stereocenters. The lowest BCUT2D eigenvalue weighted by Crippen LogP contribution is -2.06. The summed E-state index contributed by atoms with van der Waals surface area (Å²) in [5.41, 5.74) is 6.65. The van der Waals surface area contributed by atoms with Crippen molar-refractivity contribution in [1.29, 1.82) is 0 Å². The smallest absolute Gasteiger partial charge is 0.146 e. The summed E-state index contributed by atoms with van der Waals surface area (Å²) in [7, 11) is 1.60. The maximum absolute atomic E-state index is 5.55. The van der Waals surface area contributed by atoms with Crippen LogP contribution in [0.3, 0.4) is 0 Å². The van der Waals surface area contributed by atoms with Crippen LogP contribution >= 0.6 is 0 Å². The third kappa shape index (κ3) is 4.59. The number of benzene rings is 1. The van der Waals surface area contributed by atoms with E-state index in [1.807, 2.05) is 30.6 Å². The van der Waals surface area contributed by atoms with Gasteiger partial charge in [-0.3, -0.25) is 9.97 Å². The number of fused-ring (bicyclic) bond motifs is 1. The molecule has 0 bridgehead atoms. The number of nitrogens with one attached hydrogen (secondary N) is 1. The second kappa shape index (κ2) is 9.78. The molecule has 0 radical (unpaired) electrons. The first-order valence-electron chi connectivity index (χ1n) is 9.30. The molecule has 0 aliphatic heterocycles.